The molecular weight excluding hydrogens is 326 g/mol. The molecule has 0 unspecified atom stereocenters. The molecule has 1 fully saturated rings. The van der Waals surface area contributed by atoms with E-state index < -0.39 is 0 Å². The van der Waals surface area contributed by atoms with Gasteiger partial charge in [-0.3, -0.25) is 4.79 Å². The monoisotopic (exact) mass is 353 g/mol. The minimum atomic E-state index is 0.547. The Morgan fingerprint density at radius 2 is 1.40 bits per heavy atom. The van der Waals surface area contributed by atoms with Crippen LogP contribution in [-0.2, 0) is 18.9 Å². The minimum absolute atomic E-state index is 0.547. The maximum atomic E-state index is 11.0. The zero-order valence-electron chi connectivity index (χ0n) is 14.8. The van der Waals surface area contributed by atoms with Gasteiger partial charge < -0.3 is 28.6 Å². The molecule has 25 heavy (non-hydrogen) atoms. The average molecular weight is 353 g/mol. The molecule has 2 rings (SSSR count). The molecule has 1 aromatic rings. The van der Waals surface area contributed by atoms with Crippen molar-refractivity contribution in [1.82, 2.24) is 0 Å². The van der Waals surface area contributed by atoms with Crippen molar-refractivity contribution < 1.29 is 28.5 Å². The van der Waals surface area contributed by atoms with Gasteiger partial charge in [0.25, 0.3) is 0 Å². The summed E-state index contributed by atoms with van der Waals surface area (Å²) in [6.45, 7) is 5.85. The lowest BCUT2D eigenvalue weighted by molar-refractivity contribution is 0.00206. The number of rotatable bonds is 3. The van der Waals surface area contributed by atoms with Crippen molar-refractivity contribution in [1.29, 1.82) is 0 Å². The van der Waals surface area contributed by atoms with Crippen molar-refractivity contribution in [2.24, 2.45) is 0 Å². The Morgan fingerprint density at radius 3 is 1.88 bits per heavy atom. The highest BCUT2D eigenvalue weighted by Crippen LogP contribution is 2.28. The molecule has 0 spiro atoms. The van der Waals surface area contributed by atoms with E-state index in [0.29, 0.717) is 77.3 Å². The number of carbonyl (C=O) groups excluding carboxylic acids is 1. The van der Waals surface area contributed by atoms with E-state index in [1.165, 1.54) is 0 Å². The van der Waals surface area contributed by atoms with Crippen LogP contribution in [0.25, 0.3) is 0 Å². The van der Waals surface area contributed by atoms with Crippen molar-refractivity contribution >= 4 is 12.0 Å². The smallest absolute Gasteiger partial charge is 0.150 e. The van der Waals surface area contributed by atoms with E-state index in [-0.39, 0.29) is 0 Å². The molecule has 1 heterocycles. The van der Waals surface area contributed by atoms with Crippen LogP contribution < -0.4 is 9.64 Å². The molecule has 0 N–H and O–H groups in total. The molecule has 1 aliphatic rings. The molecule has 0 aromatic heterocycles. The summed E-state index contributed by atoms with van der Waals surface area (Å²) in [6.07, 6.45) is 0.810. The summed E-state index contributed by atoms with van der Waals surface area (Å²) in [5, 5.41) is 0. The van der Waals surface area contributed by atoms with Gasteiger partial charge in [-0.2, -0.15) is 0 Å². The fourth-order valence-electron chi connectivity index (χ4n) is 2.49. The quantitative estimate of drug-likeness (QED) is 0.761. The zero-order valence-corrected chi connectivity index (χ0v) is 14.8. The van der Waals surface area contributed by atoms with E-state index in [1.54, 1.807) is 19.2 Å². The summed E-state index contributed by atoms with van der Waals surface area (Å²) in [4.78, 5) is 13.1. The molecule has 7 nitrogen and oxygen atoms in total. The van der Waals surface area contributed by atoms with Gasteiger partial charge in [0.05, 0.1) is 65.7 Å². The average Bonchev–Trinajstić information content (AvgIpc) is 2.66. The normalized spacial score (nSPS) is 18.8. The predicted octanol–water partition coefficient (Wildman–Crippen LogP) is 1.39. The lowest BCUT2D eigenvalue weighted by Gasteiger charge is -2.26. The van der Waals surface area contributed by atoms with Crippen LogP contribution in [0.1, 0.15) is 10.4 Å². The standard InChI is InChI=1S/C18H27NO6/c1-21-18-14-16(15-20)2-3-17(18)19-4-6-22-8-10-24-12-13-25-11-9-23-7-5-19/h2-3,14-15H,4-13H2,1H3. The molecule has 7 heteroatoms. The third-order valence-corrected chi connectivity index (χ3v) is 3.81. The van der Waals surface area contributed by atoms with E-state index in [9.17, 15) is 4.79 Å². The van der Waals surface area contributed by atoms with Gasteiger partial charge in [0, 0.05) is 18.7 Å². The van der Waals surface area contributed by atoms with Gasteiger partial charge in [-0.15, -0.1) is 0 Å². The topological polar surface area (TPSA) is 66.5 Å². The molecule has 1 aromatic carbocycles. The second-order valence-electron chi connectivity index (χ2n) is 5.49. The fourth-order valence-corrected chi connectivity index (χ4v) is 2.49. The predicted molar refractivity (Wildman–Crippen MR) is 93.9 cm³/mol. The van der Waals surface area contributed by atoms with Gasteiger partial charge in [0.1, 0.15) is 12.0 Å². The van der Waals surface area contributed by atoms with Crippen LogP contribution in [0.15, 0.2) is 18.2 Å². The van der Waals surface area contributed by atoms with Gasteiger partial charge in [-0.05, 0) is 18.2 Å². The molecule has 140 valence electrons. The van der Waals surface area contributed by atoms with Crippen LogP contribution in [0.2, 0.25) is 0 Å². The first-order valence-electron chi connectivity index (χ1n) is 8.54. The molecule has 0 bridgehead atoms. The van der Waals surface area contributed by atoms with Crippen molar-refractivity contribution in [3.05, 3.63) is 23.8 Å². The second kappa shape index (κ2) is 11.8. The molecule has 0 radical (unpaired) electrons. The summed E-state index contributed by atoms with van der Waals surface area (Å²) in [6, 6.07) is 5.41. The van der Waals surface area contributed by atoms with Crippen LogP contribution in [0, 0.1) is 0 Å². The van der Waals surface area contributed by atoms with Crippen LogP contribution in [-0.4, -0.2) is 79.3 Å². The third kappa shape index (κ3) is 6.99. The maximum absolute atomic E-state index is 11.0. The molecule has 0 atom stereocenters. The van der Waals surface area contributed by atoms with Crippen LogP contribution >= 0.6 is 0 Å². The molecule has 0 aliphatic carbocycles. The van der Waals surface area contributed by atoms with Crippen molar-refractivity contribution in [2.75, 3.05) is 78.0 Å². The van der Waals surface area contributed by atoms with E-state index in [2.05, 4.69) is 4.90 Å². The van der Waals surface area contributed by atoms with Crippen LogP contribution in [0.3, 0.4) is 0 Å². The number of nitrogens with zero attached hydrogens (tertiary/aromatic N) is 1. The fraction of sp³-hybridized carbons (Fsp3) is 0.611. The van der Waals surface area contributed by atoms with Crippen LogP contribution in [0.5, 0.6) is 5.75 Å². The van der Waals surface area contributed by atoms with E-state index in [4.69, 9.17) is 23.7 Å². The van der Waals surface area contributed by atoms with E-state index >= 15 is 0 Å². The summed E-state index contributed by atoms with van der Waals surface area (Å²) in [7, 11) is 1.60. The number of hydrogen-bond acceptors (Lipinski definition) is 7. The maximum Gasteiger partial charge on any atom is 0.150 e. The number of carbonyl (C=O) groups is 1. The van der Waals surface area contributed by atoms with E-state index in [1.807, 2.05) is 6.07 Å². The Bertz CT molecular complexity index is 494. The summed E-state index contributed by atoms with van der Waals surface area (Å²) < 4.78 is 27.6. The zero-order chi connectivity index (χ0) is 17.7. The van der Waals surface area contributed by atoms with Crippen molar-refractivity contribution in [2.45, 2.75) is 0 Å². The van der Waals surface area contributed by atoms with Gasteiger partial charge in [0.15, 0.2) is 0 Å². The Hall–Kier alpha value is -1.67. The number of hydrogen-bond donors (Lipinski definition) is 0. The Labute approximate surface area is 148 Å². The van der Waals surface area contributed by atoms with Crippen molar-refractivity contribution in [3.63, 3.8) is 0 Å². The molecule has 0 amide bonds. The highest BCUT2D eigenvalue weighted by molar-refractivity contribution is 5.78. The number of methoxy groups -OCH3 is 1. The van der Waals surface area contributed by atoms with Gasteiger partial charge in [-0.25, -0.2) is 0 Å². The van der Waals surface area contributed by atoms with E-state index in [0.717, 1.165) is 12.0 Å². The van der Waals surface area contributed by atoms with Gasteiger partial charge in [-0.1, -0.05) is 0 Å². The second-order valence-corrected chi connectivity index (χ2v) is 5.49. The Balaban J connectivity index is 2.02. The summed E-state index contributed by atoms with van der Waals surface area (Å²) in [5.74, 6) is 0.661. The molecule has 0 saturated carbocycles. The number of benzene rings is 1. The highest BCUT2D eigenvalue weighted by Gasteiger charge is 2.13. The molecular formula is C18H27NO6. The number of ether oxygens (including phenoxy) is 5. The summed E-state index contributed by atoms with van der Waals surface area (Å²) >= 11 is 0. The summed E-state index contributed by atoms with van der Waals surface area (Å²) in [5.41, 5.74) is 1.50. The highest BCUT2D eigenvalue weighted by atomic mass is 16.6. The largest absolute Gasteiger partial charge is 0.495 e. The minimum Gasteiger partial charge on any atom is -0.495 e. The molecule has 1 aliphatic heterocycles. The Kier molecular flexibility index (Phi) is 9.28. The lowest BCUT2D eigenvalue weighted by Crippen LogP contribution is -2.32. The van der Waals surface area contributed by atoms with Crippen molar-refractivity contribution in [3.8, 4) is 5.75 Å². The Morgan fingerprint density at radius 1 is 0.880 bits per heavy atom. The first kappa shape index (κ1) is 19.7. The third-order valence-electron chi connectivity index (χ3n) is 3.81. The first-order valence-corrected chi connectivity index (χ1v) is 8.54. The first-order chi connectivity index (χ1) is 12.3. The SMILES string of the molecule is COc1cc(C=O)ccc1N1CCOCCOCCOCCOCC1. The lowest BCUT2D eigenvalue weighted by atomic mass is 10.2. The number of aldehydes is 1. The van der Waals surface area contributed by atoms with Gasteiger partial charge >= 0.3 is 0 Å². The molecule has 1 saturated heterocycles. The van der Waals surface area contributed by atoms with Gasteiger partial charge in [0.2, 0.25) is 0 Å². The number of anilines is 1. The van der Waals surface area contributed by atoms with Crippen LogP contribution in [0.4, 0.5) is 5.69 Å².